The normalized spacial score (nSPS) is 18.7. The number of piperidine rings is 1. The summed E-state index contributed by atoms with van der Waals surface area (Å²) in [4.78, 5) is 19.1. The highest BCUT2D eigenvalue weighted by Gasteiger charge is 2.32. The summed E-state index contributed by atoms with van der Waals surface area (Å²) < 4.78 is 66.0. The highest BCUT2D eigenvalue weighted by atomic mass is 32.2. The van der Waals surface area contributed by atoms with E-state index in [0.29, 0.717) is 45.0 Å². The summed E-state index contributed by atoms with van der Waals surface area (Å²) in [5.41, 5.74) is -0.0582. The quantitative estimate of drug-likeness (QED) is 0.745. The Hall–Kier alpha value is -2.53. The largest absolute Gasteiger partial charge is 0.416 e. The standard InChI is InChI=1S/C21H25F3N4O3S/c22-21(23,24)16-5-4-6-17(13-16)26-9-11-27(12-10-26)20(29)19-14-18(15-25-19)32(30,31)28-7-2-1-3-8-28/h4-6,13-15,25H,1-3,7-12H2. The second kappa shape index (κ2) is 8.78. The number of nitrogens with one attached hydrogen (secondary N) is 1. The topological polar surface area (TPSA) is 76.7 Å². The van der Waals surface area contributed by atoms with Crippen LogP contribution in [0.25, 0.3) is 0 Å². The smallest absolute Gasteiger partial charge is 0.368 e. The second-order valence-electron chi connectivity index (χ2n) is 8.04. The molecule has 1 N–H and O–H groups in total. The van der Waals surface area contributed by atoms with Gasteiger partial charge in [0.25, 0.3) is 5.91 Å². The minimum atomic E-state index is -4.41. The fourth-order valence-electron chi connectivity index (χ4n) is 4.12. The minimum Gasteiger partial charge on any atom is -0.368 e. The molecule has 32 heavy (non-hydrogen) atoms. The van der Waals surface area contributed by atoms with E-state index >= 15 is 0 Å². The Morgan fingerprint density at radius 2 is 1.62 bits per heavy atom. The van der Waals surface area contributed by atoms with Gasteiger partial charge in [0.1, 0.15) is 10.6 Å². The third kappa shape index (κ3) is 4.63. The van der Waals surface area contributed by atoms with Crippen molar-refractivity contribution in [2.75, 3.05) is 44.2 Å². The SMILES string of the molecule is O=C(c1cc(S(=O)(=O)N2CCCCC2)c[nH]1)N1CCN(c2cccc(C(F)(F)F)c2)CC1. The molecule has 0 unspecified atom stereocenters. The van der Waals surface area contributed by atoms with E-state index in [0.717, 1.165) is 31.4 Å². The van der Waals surface area contributed by atoms with E-state index in [9.17, 15) is 26.4 Å². The number of carbonyl (C=O) groups excluding carboxylic acids is 1. The van der Waals surface area contributed by atoms with E-state index in [-0.39, 0.29) is 16.5 Å². The number of nitrogens with zero attached hydrogens (tertiary/aromatic N) is 3. The average Bonchev–Trinajstić information content (AvgIpc) is 3.30. The summed E-state index contributed by atoms with van der Waals surface area (Å²) in [5.74, 6) is -0.325. The molecule has 7 nitrogen and oxygen atoms in total. The van der Waals surface area contributed by atoms with Crippen molar-refractivity contribution in [3.05, 3.63) is 47.8 Å². The molecule has 3 heterocycles. The van der Waals surface area contributed by atoms with Gasteiger partial charge in [-0.15, -0.1) is 0 Å². The Bertz CT molecular complexity index is 1070. The van der Waals surface area contributed by atoms with E-state index in [1.165, 1.54) is 22.6 Å². The number of aromatic nitrogens is 1. The molecule has 0 radical (unpaired) electrons. The number of rotatable bonds is 4. The number of anilines is 1. The van der Waals surface area contributed by atoms with Gasteiger partial charge >= 0.3 is 6.18 Å². The Morgan fingerprint density at radius 1 is 0.938 bits per heavy atom. The molecule has 2 fully saturated rings. The van der Waals surface area contributed by atoms with Crippen LogP contribution < -0.4 is 4.90 Å². The molecule has 2 saturated heterocycles. The van der Waals surface area contributed by atoms with Crippen LogP contribution in [0.4, 0.5) is 18.9 Å². The molecule has 1 aromatic heterocycles. The zero-order valence-corrected chi connectivity index (χ0v) is 18.3. The lowest BCUT2D eigenvalue weighted by molar-refractivity contribution is -0.137. The Kier molecular flexibility index (Phi) is 6.22. The maximum absolute atomic E-state index is 13.0. The number of benzene rings is 1. The fourth-order valence-corrected chi connectivity index (χ4v) is 5.63. The molecule has 2 aliphatic rings. The van der Waals surface area contributed by atoms with Gasteiger partial charge in [-0.3, -0.25) is 4.79 Å². The summed E-state index contributed by atoms with van der Waals surface area (Å²) in [6.07, 6.45) is -0.406. The van der Waals surface area contributed by atoms with Crippen LogP contribution in [0, 0.1) is 0 Å². The zero-order chi connectivity index (χ0) is 22.9. The molecule has 2 aromatic rings. The molecule has 11 heteroatoms. The van der Waals surface area contributed by atoms with Crippen LogP contribution in [0.15, 0.2) is 41.4 Å². The number of piperazine rings is 1. The van der Waals surface area contributed by atoms with Crippen LogP contribution in [0.3, 0.4) is 0 Å². The number of amides is 1. The molecule has 0 aliphatic carbocycles. The van der Waals surface area contributed by atoms with Gasteiger partial charge < -0.3 is 14.8 Å². The molecule has 0 saturated carbocycles. The molecule has 2 aliphatic heterocycles. The molecule has 0 spiro atoms. The van der Waals surface area contributed by atoms with Crippen LogP contribution in [0.2, 0.25) is 0 Å². The average molecular weight is 471 g/mol. The predicted molar refractivity (Wildman–Crippen MR) is 113 cm³/mol. The van der Waals surface area contributed by atoms with Gasteiger partial charge in [0.2, 0.25) is 10.0 Å². The molecule has 1 aromatic carbocycles. The number of alkyl halides is 3. The highest BCUT2D eigenvalue weighted by Crippen LogP contribution is 2.32. The number of halogens is 3. The summed E-state index contributed by atoms with van der Waals surface area (Å²) in [5, 5.41) is 0. The zero-order valence-electron chi connectivity index (χ0n) is 17.4. The van der Waals surface area contributed by atoms with Crippen LogP contribution in [-0.4, -0.2) is 67.8 Å². The summed E-state index contributed by atoms with van der Waals surface area (Å²) in [7, 11) is -3.64. The predicted octanol–water partition coefficient (Wildman–Crippen LogP) is 3.17. The lowest BCUT2D eigenvalue weighted by Gasteiger charge is -2.36. The van der Waals surface area contributed by atoms with Crippen LogP contribution >= 0.6 is 0 Å². The van der Waals surface area contributed by atoms with Gasteiger partial charge in [0, 0.05) is 51.2 Å². The van der Waals surface area contributed by atoms with E-state index in [2.05, 4.69) is 4.98 Å². The maximum Gasteiger partial charge on any atom is 0.416 e. The molecule has 1 amide bonds. The van der Waals surface area contributed by atoms with Crippen molar-refractivity contribution in [1.82, 2.24) is 14.2 Å². The first kappa shape index (κ1) is 22.7. The monoisotopic (exact) mass is 470 g/mol. The Morgan fingerprint density at radius 3 is 2.28 bits per heavy atom. The van der Waals surface area contributed by atoms with Crippen LogP contribution in [-0.2, 0) is 16.2 Å². The van der Waals surface area contributed by atoms with Crippen molar-refractivity contribution in [2.45, 2.75) is 30.3 Å². The minimum absolute atomic E-state index is 0.0744. The van der Waals surface area contributed by atoms with Crippen molar-refractivity contribution >= 4 is 21.6 Å². The molecule has 0 bridgehead atoms. The summed E-state index contributed by atoms with van der Waals surface area (Å²) >= 11 is 0. The third-order valence-electron chi connectivity index (χ3n) is 5.95. The van der Waals surface area contributed by atoms with E-state index in [1.807, 2.05) is 0 Å². The first-order valence-corrected chi connectivity index (χ1v) is 12.0. The lowest BCUT2D eigenvalue weighted by Crippen LogP contribution is -2.49. The van der Waals surface area contributed by atoms with Crippen LogP contribution in [0.5, 0.6) is 0 Å². The van der Waals surface area contributed by atoms with Gasteiger partial charge in [-0.05, 0) is 37.1 Å². The van der Waals surface area contributed by atoms with Crippen molar-refractivity contribution in [3.8, 4) is 0 Å². The Labute approximate surface area is 184 Å². The maximum atomic E-state index is 13.0. The van der Waals surface area contributed by atoms with E-state index < -0.39 is 21.8 Å². The van der Waals surface area contributed by atoms with Crippen molar-refractivity contribution in [3.63, 3.8) is 0 Å². The molecular formula is C21H25F3N4O3S. The van der Waals surface area contributed by atoms with Gasteiger partial charge in [0.15, 0.2) is 0 Å². The fraction of sp³-hybridized carbons (Fsp3) is 0.476. The van der Waals surface area contributed by atoms with E-state index in [4.69, 9.17) is 0 Å². The second-order valence-corrected chi connectivity index (χ2v) is 9.98. The third-order valence-corrected chi connectivity index (χ3v) is 7.82. The lowest BCUT2D eigenvalue weighted by atomic mass is 10.1. The molecule has 4 rings (SSSR count). The summed E-state index contributed by atoms with van der Waals surface area (Å²) in [6.45, 7) is 2.37. The van der Waals surface area contributed by atoms with Crippen molar-refractivity contribution < 1.29 is 26.4 Å². The van der Waals surface area contributed by atoms with Crippen molar-refractivity contribution in [1.29, 1.82) is 0 Å². The van der Waals surface area contributed by atoms with Crippen LogP contribution in [0.1, 0.15) is 35.3 Å². The first-order valence-electron chi connectivity index (χ1n) is 10.6. The van der Waals surface area contributed by atoms with Gasteiger partial charge in [0.05, 0.1) is 5.56 Å². The number of hydrogen-bond acceptors (Lipinski definition) is 4. The van der Waals surface area contributed by atoms with Gasteiger partial charge in [-0.1, -0.05) is 12.5 Å². The number of hydrogen-bond donors (Lipinski definition) is 1. The van der Waals surface area contributed by atoms with Gasteiger partial charge in [-0.25, -0.2) is 8.42 Å². The molecule has 174 valence electrons. The van der Waals surface area contributed by atoms with E-state index in [1.54, 1.807) is 15.9 Å². The summed E-state index contributed by atoms with van der Waals surface area (Å²) in [6, 6.07) is 6.50. The number of aromatic amines is 1. The molecular weight excluding hydrogens is 445 g/mol. The number of H-pyrrole nitrogens is 1. The Balaban J connectivity index is 1.40. The number of sulfonamides is 1. The first-order chi connectivity index (χ1) is 15.2. The number of carbonyl (C=O) groups is 1. The van der Waals surface area contributed by atoms with Crippen molar-refractivity contribution in [2.24, 2.45) is 0 Å². The molecule has 0 atom stereocenters. The highest BCUT2D eigenvalue weighted by molar-refractivity contribution is 7.89. The van der Waals surface area contributed by atoms with Gasteiger partial charge in [-0.2, -0.15) is 17.5 Å².